The van der Waals surface area contributed by atoms with Gasteiger partial charge in [0.05, 0.1) is 22.4 Å². The number of hydrogen-bond donors (Lipinski definition) is 0. The van der Waals surface area contributed by atoms with Crippen molar-refractivity contribution in [1.82, 2.24) is 0 Å². The number of halogens is 2. The second kappa shape index (κ2) is 20.9. The third-order valence-electron chi connectivity index (χ3n) is 15.3. The van der Waals surface area contributed by atoms with Gasteiger partial charge < -0.3 is 37.9 Å². The van der Waals surface area contributed by atoms with Gasteiger partial charge in [-0.25, -0.2) is 0 Å². The lowest BCUT2D eigenvalue weighted by Crippen LogP contribution is -2.43. The van der Waals surface area contributed by atoms with Crippen molar-refractivity contribution < 1.29 is 37.9 Å². The molecule has 8 aromatic carbocycles. The number of hydrogen-bond acceptors (Lipinski definition) is 8. The van der Waals surface area contributed by atoms with E-state index in [4.69, 9.17) is 37.9 Å². The topological polar surface area (TPSA) is 73.8 Å². The highest BCUT2D eigenvalue weighted by molar-refractivity contribution is 9.10. The SMILES string of the molecule is COCOC1(c2ccc(Br)cc2)CCC(OCOC)(c2ccc(-c3cc4ccc5cc(-c6ccc(C7(OCOC)CCC(OCOC)(c8ccc(Br)cc8)CC7)cc6)cc6ccc(c3)c4c56)cc2)CC1. The van der Waals surface area contributed by atoms with Gasteiger partial charge in [-0.3, -0.25) is 0 Å². The molecule has 0 spiro atoms. The van der Waals surface area contributed by atoms with Gasteiger partial charge in [-0.2, -0.15) is 0 Å². The smallest absolute Gasteiger partial charge is 0.147 e. The Balaban J connectivity index is 0.895. The minimum absolute atomic E-state index is 0.212. The van der Waals surface area contributed by atoms with Crippen molar-refractivity contribution in [3.8, 4) is 22.3 Å². The van der Waals surface area contributed by atoms with Crippen LogP contribution in [0.5, 0.6) is 0 Å². The normalized spacial score (nSPS) is 22.9. The van der Waals surface area contributed by atoms with Crippen LogP contribution in [0.4, 0.5) is 0 Å². The second-order valence-corrected chi connectivity index (χ2v) is 20.9. The van der Waals surface area contributed by atoms with Crippen LogP contribution in [0.2, 0.25) is 0 Å². The molecule has 2 saturated carbocycles. The van der Waals surface area contributed by atoms with E-state index >= 15 is 0 Å². The maximum absolute atomic E-state index is 6.62. The molecule has 2 aliphatic carbocycles. The van der Waals surface area contributed by atoms with E-state index in [9.17, 15) is 0 Å². The Labute approximate surface area is 428 Å². The van der Waals surface area contributed by atoms with Gasteiger partial charge in [-0.15, -0.1) is 0 Å². The zero-order valence-corrected chi connectivity index (χ0v) is 43.5. The van der Waals surface area contributed by atoms with Gasteiger partial charge >= 0.3 is 0 Å². The van der Waals surface area contributed by atoms with Crippen LogP contribution >= 0.6 is 31.9 Å². The lowest BCUT2D eigenvalue weighted by Gasteiger charge is -2.46. The molecule has 0 unspecified atom stereocenters. The van der Waals surface area contributed by atoms with Gasteiger partial charge in [0.2, 0.25) is 0 Å². The van der Waals surface area contributed by atoms with Crippen LogP contribution in [0, 0.1) is 0 Å². The Morgan fingerprint density at radius 3 is 0.771 bits per heavy atom. The monoisotopic (exact) mass is 1070 g/mol. The van der Waals surface area contributed by atoms with Crippen LogP contribution in [0.1, 0.15) is 73.6 Å². The van der Waals surface area contributed by atoms with Crippen molar-refractivity contribution in [3.63, 3.8) is 0 Å². The first kappa shape index (κ1) is 49.0. The lowest BCUT2D eigenvalue weighted by atomic mass is 9.70. The first-order chi connectivity index (χ1) is 34.1. The van der Waals surface area contributed by atoms with E-state index in [1.165, 1.54) is 43.4 Å². The fourth-order valence-corrected chi connectivity index (χ4v) is 12.0. The molecular weight excluding hydrogens is 1010 g/mol. The first-order valence-electron chi connectivity index (χ1n) is 24.1. The second-order valence-electron chi connectivity index (χ2n) is 19.1. The fourth-order valence-electron chi connectivity index (χ4n) is 11.5. The molecular formula is C60H60Br2O8. The zero-order chi connectivity index (χ0) is 48.4. The van der Waals surface area contributed by atoms with Gasteiger partial charge in [-0.1, -0.05) is 129 Å². The fraction of sp³-hybridized carbons (Fsp3) is 0.333. The first-order valence-corrected chi connectivity index (χ1v) is 25.7. The Hall–Kier alpha value is -4.56. The summed E-state index contributed by atoms with van der Waals surface area (Å²) in [7, 11) is 6.71. The molecule has 0 aliphatic heterocycles. The molecule has 8 aromatic rings. The molecule has 0 atom stereocenters. The number of benzene rings is 8. The van der Waals surface area contributed by atoms with Crippen molar-refractivity contribution in [2.75, 3.05) is 55.6 Å². The third-order valence-corrected chi connectivity index (χ3v) is 16.4. The quantitative estimate of drug-likeness (QED) is 0.0622. The number of ether oxygens (including phenoxy) is 8. The van der Waals surface area contributed by atoms with E-state index in [1.807, 2.05) is 0 Å². The summed E-state index contributed by atoms with van der Waals surface area (Å²) in [6.07, 6.45) is 6.20. The summed E-state index contributed by atoms with van der Waals surface area (Å²) in [6, 6.07) is 53.3. The van der Waals surface area contributed by atoms with Crippen LogP contribution in [-0.4, -0.2) is 55.6 Å². The van der Waals surface area contributed by atoms with Crippen LogP contribution < -0.4 is 0 Å². The van der Waals surface area contributed by atoms with Crippen molar-refractivity contribution in [2.24, 2.45) is 0 Å². The molecule has 10 rings (SSSR count). The van der Waals surface area contributed by atoms with E-state index in [-0.39, 0.29) is 27.2 Å². The highest BCUT2D eigenvalue weighted by Crippen LogP contribution is 2.52. The summed E-state index contributed by atoms with van der Waals surface area (Å²) >= 11 is 7.19. The zero-order valence-electron chi connectivity index (χ0n) is 40.4. The molecule has 0 amide bonds. The average molecular weight is 1070 g/mol. The lowest BCUT2D eigenvalue weighted by molar-refractivity contribution is -0.203. The van der Waals surface area contributed by atoms with Crippen molar-refractivity contribution in [2.45, 2.75) is 73.8 Å². The summed E-state index contributed by atoms with van der Waals surface area (Å²) in [5, 5.41) is 7.49. The minimum Gasteiger partial charge on any atom is -0.359 e. The van der Waals surface area contributed by atoms with Crippen LogP contribution in [0.25, 0.3) is 54.6 Å². The molecule has 0 N–H and O–H groups in total. The van der Waals surface area contributed by atoms with E-state index < -0.39 is 22.4 Å². The molecule has 0 aromatic heterocycles. The summed E-state index contributed by atoms with van der Waals surface area (Å²) in [5.41, 5.74) is 7.33. The van der Waals surface area contributed by atoms with Crippen LogP contribution in [-0.2, 0) is 60.3 Å². The van der Waals surface area contributed by atoms with E-state index in [0.717, 1.165) is 93.7 Å². The largest absolute Gasteiger partial charge is 0.359 e. The third kappa shape index (κ3) is 9.49. The highest BCUT2D eigenvalue weighted by atomic mass is 79.9. The number of rotatable bonds is 18. The predicted octanol–water partition coefficient (Wildman–Crippen LogP) is 15.3. The van der Waals surface area contributed by atoms with Crippen molar-refractivity contribution in [1.29, 1.82) is 0 Å². The maximum Gasteiger partial charge on any atom is 0.147 e. The molecule has 70 heavy (non-hydrogen) atoms. The van der Waals surface area contributed by atoms with Gasteiger partial charge in [0.15, 0.2) is 0 Å². The molecule has 0 saturated heterocycles. The van der Waals surface area contributed by atoms with Crippen molar-refractivity contribution >= 4 is 64.2 Å². The molecule has 0 radical (unpaired) electrons. The molecule has 362 valence electrons. The van der Waals surface area contributed by atoms with Crippen molar-refractivity contribution in [3.05, 3.63) is 177 Å². The Bertz CT molecular complexity index is 2740. The van der Waals surface area contributed by atoms with Gasteiger partial charge in [0, 0.05) is 37.4 Å². The van der Waals surface area contributed by atoms with E-state index in [1.54, 1.807) is 28.4 Å². The summed E-state index contributed by atoms with van der Waals surface area (Å²) < 4.78 is 50.1. The standard InChI is InChI=1S/C60H60Br2O8/c1-63-37-67-57(25-29-59(30-26-57,69-39-65-3)51-17-21-53(61)22-18-51)49-13-9-41(10-14-49)47-33-43-5-7-45-35-48(36-46-8-6-44(34-47)55(43)56(45)46)42-11-15-50(16-12-42)58(68-38-64-2)27-31-60(32-28-58,70-40-66-4)52-19-23-54(62)24-20-52/h5-24,33-36H,25-32,37-40H2,1-4H3. The van der Waals surface area contributed by atoms with Gasteiger partial charge in [0.1, 0.15) is 27.2 Å². The molecule has 8 nitrogen and oxygen atoms in total. The van der Waals surface area contributed by atoms with Gasteiger partial charge in [0.25, 0.3) is 0 Å². The Kier molecular flexibility index (Phi) is 14.6. The van der Waals surface area contributed by atoms with E-state index in [0.29, 0.717) is 0 Å². The molecule has 2 fully saturated rings. The summed E-state index contributed by atoms with van der Waals surface area (Å²) in [4.78, 5) is 0. The number of methoxy groups -OCH3 is 4. The van der Waals surface area contributed by atoms with Gasteiger partial charge in [-0.05, 0) is 177 Å². The van der Waals surface area contributed by atoms with E-state index in [2.05, 4.69) is 177 Å². The van der Waals surface area contributed by atoms with Crippen LogP contribution in [0.3, 0.4) is 0 Å². The highest BCUT2D eigenvalue weighted by Gasteiger charge is 2.48. The minimum atomic E-state index is -0.511. The average Bonchev–Trinajstić information content (AvgIpc) is 3.41. The Morgan fingerprint density at radius 2 is 0.543 bits per heavy atom. The molecule has 10 heteroatoms. The summed E-state index contributed by atoms with van der Waals surface area (Å²) in [5.74, 6) is 0. The molecule has 0 bridgehead atoms. The Morgan fingerprint density at radius 1 is 0.314 bits per heavy atom. The summed E-state index contributed by atoms with van der Waals surface area (Å²) in [6.45, 7) is 0.876. The predicted molar refractivity (Wildman–Crippen MR) is 285 cm³/mol. The molecule has 0 heterocycles. The van der Waals surface area contributed by atoms with Crippen LogP contribution in [0.15, 0.2) is 155 Å². The molecule has 2 aliphatic rings. The maximum atomic E-state index is 6.62.